The van der Waals surface area contributed by atoms with E-state index < -0.39 is 48.6 Å². The highest BCUT2D eigenvalue weighted by molar-refractivity contribution is 14.1. The highest BCUT2D eigenvalue weighted by atomic mass is 127. The maximum absolute atomic E-state index is 11.8. The Balaban J connectivity index is 3.17. The minimum absolute atomic E-state index is 0.440. The van der Waals surface area contributed by atoms with E-state index in [2.05, 4.69) is 22.6 Å². The van der Waals surface area contributed by atoms with Crippen LogP contribution in [0.15, 0.2) is 12.2 Å². The van der Waals surface area contributed by atoms with Crippen molar-refractivity contribution in [3.05, 3.63) is 12.2 Å². The Kier molecular flexibility index (Phi) is 8.63. The topological polar surface area (TPSA) is 97.4 Å². The lowest BCUT2D eigenvalue weighted by molar-refractivity contribution is -0.293. The molecule has 1 saturated heterocycles. The van der Waals surface area contributed by atoms with Crippen molar-refractivity contribution in [2.24, 2.45) is 0 Å². The minimum Gasteiger partial charge on any atom is -0.454 e. The fourth-order valence-electron chi connectivity index (χ4n) is 2.29. The van der Waals surface area contributed by atoms with Crippen LogP contribution < -0.4 is 0 Å². The number of carbonyl (C=O) groups is 3. The summed E-state index contributed by atoms with van der Waals surface area (Å²) in [6.45, 7) is 4.09. The summed E-state index contributed by atoms with van der Waals surface area (Å²) in [5, 5.41) is 0. The Morgan fingerprint density at radius 3 is 2.08 bits per heavy atom. The molecule has 0 aromatic rings. The number of ether oxygens (including phenoxy) is 5. The number of halogens is 1. The summed E-state index contributed by atoms with van der Waals surface area (Å²) in [6.07, 6.45) is -1.83. The second-order valence-corrected chi connectivity index (χ2v) is 5.86. The average molecular weight is 456 g/mol. The smallest absolute Gasteiger partial charge is 0.330 e. The Hall–Kier alpha value is -1.20. The zero-order valence-electron chi connectivity index (χ0n) is 13.9. The summed E-state index contributed by atoms with van der Waals surface area (Å²) in [5.41, 5.74) is 0. The Morgan fingerprint density at radius 1 is 1.04 bits per heavy atom. The summed E-state index contributed by atoms with van der Waals surface area (Å²) < 4.78 is 27.2. The van der Waals surface area contributed by atoms with Gasteiger partial charge in [-0.2, -0.15) is 0 Å². The van der Waals surface area contributed by atoms with Gasteiger partial charge in [-0.05, 0) is 6.92 Å². The molecule has 1 aliphatic heterocycles. The Bertz CT molecular complexity index is 492. The average Bonchev–Trinajstić information content (AvgIpc) is 2.50. The van der Waals surface area contributed by atoms with Crippen molar-refractivity contribution in [3.63, 3.8) is 0 Å². The minimum atomic E-state index is -1.06. The number of hydrogen-bond acceptors (Lipinski definition) is 8. The van der Waals surface area contributed by atoms with Crippen LogP contribution in [0.3, 0.4) is 0 Å². The molecular weight excluding hydrogens is 435 g/mol. The van der Waals surface area contributed by atoms with Crippen LogP contribution in [0.4, 0.5) is 0 Å². The summed E-state index contributed by atoms with van der Waals surface area (Å²) in [6, 6.07) is 0. The van der Waals surface area contributed by atoms with E-state index in [4.69, 9.17) is 23.7 Å². The molecule has 0 N–H and O–H groups in total. The molecule has 136 valence electrons. The standard InChI is InChI=1S/C15H21IO8/c1-5-6-11(19)24-12-10(7-16)23-15(20-4)14(22-9(3)18)13(12)21-8(2)17/h5-6,10,12-15H,7H2,1-4H3/b6-5+/t10-,12-,13+,14-,15+/m1/s1. The summed E-state index contributed by atoms with van der Waals surface area (Å²) in [7, 11) is 1.38. The van der Waals surface area contributed by atoms with E-state index >= 15 is 0 Å². The number of allylic oxidation sites excluding steroid dienone is 1. The summed E-state index contributed by atoms with van der Waals surface area (Å²) >= 11 is 2.05. The highest BCUT2D eigenvalue weighted by Crippen LogP contribution is 2.30. The van der Waals surface area contributed by atoms with Gasteiger partial charge in [-0.25, -0.2) is 4.79 Å². The molecular formula is C15H21IO8. The van der Waals surface area contributed by atoms with Crippen LogP contribution in [-0.4, -0.2) is 60.2 Å². The van der Waals surface area contributed by atoms with Crippen molar-refractivity contribution >= 4 is 40.5 Å². The Morgan fingerprint density at radius 2 is 1.62 bits per heavy atom. The highest BCUT2D eigenvalue weighted by Gasteiger charge is 2.51. The molecule has 1 fully saturated rings. The van der Waals surface area contributed by atoms with Gasteiger partial charge in [-0.15, -0.1) is 0 Å². The van der Waals surface area contributed by atoms with Crippen LogP contribution in [0.2, 0.25) is 0 Å². The first-order chi connectivity index (χ1) is 11.3. The van der Waals surface area contributed by atoms with Crippen LogP contribution in [0, 0.1) is 0 Å². The van der Waals surface area contributed by atoms with E-state index in [0.29, 0.717) is 4.43 Å². The SMILES string of the molecule is C/C=C/C(=O)O[C@H]1[C@H](OC(C)=O)[C@@H](OC(C)=O)[C@@H](OC)O[C@@H]1CI. The zero-order chi connectivity index (χ0) is 18.3. The van der Waals surface area contributed by atoms with Crippen LogP contribution in [-0.2, 0) is 38.1 Å². The number of hydrogen-bond donors (Lipinski definition) is 0. The normalized spacial score (nSPS) is 30.0. The Labute approximate surface area is 153 Å². The summed E-state index contributed by atoms with van der Waals surface area (Å²) in [5.74, 6) is -1.82. The van der Waals surface area contributed by atoms with Gasteiger partial charge in [-0.1, -0.05) is 28.7 Å². The number of esters is 3. The fraction of sp³-hybridized carbons (Fsp3) is 0.667. The molecule has 1 heterocycles. The van der Waals surface area contributed by atoms with Crippen molar-refractivity contribution in [1.29, 1.82) is 0 Å². The van der Waals surface area contributed by atoms with Crippen molar-refractivity contribution in [1.82, 2.24) is 0 Å². The quantitative estimate of drug-likeness (QED) is 0.193. The monoisotopic (exact) mass is 456 g/mol. The van der Waals surface area contributed by atoms with Gasteiger partial charge in [0.1, 0.15) is 6.10 Å². The first-order valence-electron chi connectivity index (χ1n) is 7.26. The lowest BCUT2D eigenvalue weighted by Crippen LogP contribution is -2.62. The van der Waals surface area contributed by atoms with Gasteiger partial charge in [0.25, 0.3) is 0 Å². The van der Waals surface area contributed by atoms with Crippen molar-refractivity contribution in [3.8, 4) is 0 Å². The number of carbonyl (C=O) groups excluding carboxylic acids is 3. The van der Waals surface area contributed by atoms with Gasteiger partial charge in [0, 0.05) is 31.5 Å². The van der Waals surface area contributed by atoms with Crippen LogP contribution in [0.1, 0.15) is 20.8 Å². The zero-order valence-corrected chi connectivity index (χ0v) is 16.1. The molecule has 0 aliphatic carbocycles. The van der Waals surface area contributed by atoms with Gasteiger partial charge in [-0.3, -0.25) is 9.59 Å². The molecule has 0 radical (unpaired) electrons. The van der Waals surface area contributed by atoms with E-state index in [1.54, 1.807) is 6.92 Å². The van der Waals surface area contributed by atoms with Gasteiger partial charge < -0.3 is 23.7 Å². The molecule has 0 spiro atoms. The molecule has 9 heteroatoms. The molecule has 1 rings (SSSR count). The molecule has 0 amide bonds. The maximum atomic E-state index is 11.8. The van der Waals surface area contributed by atoms with Gasteiger partial charge in [0.2, 0.25) is 0 Å². The number of methoxy groups -OCH3 is 1. The van der Waals surface area contributed by atoms with Crippen molar-refractivity contribution in [2.75, 3.05) is 11.5 Å². The fourth-order valence-corrected chi connectivity index (χ4v) is 3.00. The van der Waals surface area contributed by atoms with Gasteiger partial charge in [0.05, 0.1) is 0 Å². The van der Waals surface area contributed by atoms with E-state index in [0.717, 1.165) is 0 Å². The molecule has 1 aliphatic rings. The molecule has 24 heavy (non-hydrogen) atoms. The second kappa shape index (κ2) is 9.94. The second-order valence-electron chi connectivity index (χ2n) is 4.98. The lowest BCUT2D eigenvalue weighted by atomic mass is 9.99. The molecule has 0 aromatic carbocycles. The van der Waals surface area contributed by atoms with E-state index in [-0.39, 0.29) is 0 Å². The van der Waals surface area contributed by atoms with Crippen molar-refractivity contribution < 1.29 is 38.1 Å². The van der Waals surface area contributed by atoms with Crippen LogP contribution in [0.5, 0.6) is 0 Å². The third-order valence-electron chi connectivity index (χ3n) is 3.13. The number of alkyl halides is 1. The van der Waals surface area contributed by atoms with E-state index in [1.807, 2.05) is 0 Å². The molecule has 0 unspecified atom stereocenters. The predicted octanol–water partition coefficient (Wildman–Crippen LogP) is 1.14. The maximum Gasteiger partial charge on any atom is 0.330 e. The van der Waals surface area contributed by atoms with Crippen molar-refractivity contribution in [2.45, 2.75) is 51.5 Å². The van der Waals surface area contributed by atoms with Crippen LogP contribution >= 0.6 is 22.6 Å². The van der Waals surface area contributed by atoms with Crippen LogP contribution in [0.25, 0.3) is 0 Å². The van der Waals surface area contributed by atoms with E-state index in [1.165, 1.54) is 33.1 Å². The largest absolute Gasteiger partial charge is 0.454 e. The molecule has 8 nitrogen and oxygen atoms in total. The third-order valence-corrected chi connectivity index (χ3v) is 4.00. The first kappa shape index (κ1) is 20.8. The van der Waals surface area contributed by atoms with Gasteiger partial charge in [0.15, 0.2) is 24.6 Å². The molecule has 5 atom stereocenters. The predicted molar refractivity (Wildman–Crippen MR) is 90.4 cm³/mol. The van der Waals surface area contributed by atoms with Gasteiger partial charge >= 0.3 is 17.9 Å². The first-order valence-corrected chi connectivity index (χ1v) is 8.78. The van der Waals surface area contributed by atoms with E-state index in [9.17, 15) is 14.4 Å². The lowest BCUT2D eigenvalue weighted by Gasteiger charge is -2.43. The molecule has 0 saturated carbocycles. The molecule has 0 aromatic heterocycles. The third kappa shape index (κ3) is 5.71. The number of rotatable bonds is 6. The summed E-state index contributed by atoms with van der Waals surface area (Å²) in [4.78, 5) is 34.7. The molecule has 0 bridgehead atoms.